The normalized spacial score (nSPS) is 13.7. The number of methoxy groups -OCH3 is 1. The SMILES string of the molecule is CCC(S[C@H](C=CC=CCCOCCOCCOC)[C@@H](O)c1cccc(-c2nnn(C(c3ccccc3)(c3ccccc3)c3ccccc3)n2)c1)C(=O)O. The second kappa shape index (κ2) is 21.1. The number of carboxylic acid groups (broad SMARTS) is 1. The maximum absolute atomic E-state index is 12.0. The lowest BCUT2D eigenvalue weighted by atomic mass is 9.77. The summed E-state index contributed by atoms with van der Waals surface area (Å²) in [4.78, 5) is 13.7. The summed E-state index contributed by atoms with van der Waals surface area (Å²) in [6.07, 6.45) is 7.65. The largest absolute Gasteiger partial charge is 0.480 e. The summed E-state index contributed by atoms with van der Waals surface area (Å²) in [6, 6.07) is 37.8. The zero-order chi connectivity index (χ0) is 38.0. The molecule has 0 bridgehead atoms. The van der Waals surface area contributed by atoms with Gasteiger partial charge in [-0.15, -0.1) is 26.8 Å². The number of aliphatic hydroxyl groups excluding tert-OH is 1. The fraction of sp³-hybridized carbons (Fsp3) is 0.302. The molecule has 0 aliphatic heterocycles. The zero-order valence-corrected chi connectivity index (χ0v) is 31.5. The van der Waals surface area contributed by atoms with Gasteiger partial charge in [-0.3, -0.25) is 4.79 Å². The molecule has 0 aliphatic carbocycles. The number of carbonyl (C=O) groups is 1. The van der Waals surface area contributed by atoms with Crippen molar-refractivity contribution >= 4 is 17.7 Å². The van der Waals surface area contributed by atoms with Gasteiger partial charge >= 0.3 is 5.97 Å². The van der Waals surface area contributed by atoms with E-state index in [9.17, 15) is 15.0 Å². The van der Waals surface area contributed by atoms with E-state index in [2.05, 4.69) is 46.7 Å². The molecule has 10 nitrogen and oxygen atoms in total. The van der Waals surface area contributed by atoms with E-state index >= 15 is 0 Å². The van der Waals surface area contributed by atoms with Crippen molar-refractivity contribution < 1.29 is 29.2 Å². The first kappa shape index (κ1) is 40.3. The van der Waals surface area contributed by atoms with Crippen LogP contribution in [0.5, 0.6) is 0 Å². The van der Waals surface area contributed by atoms with Gasteiger partial charge in [0.2, 0.25) is 5.82 Å². The number of allylic oxidation sites excluding steroid dienone is 2. The van der Waals surface area contributed by atoms with Crippen molar-refractivity contribution in [2.45, 2.75) is 41.9 Å². The number of benzene rings is 4. The average molecular weight is 749 g/mol. The maximum atomic E-state index is 12.0. The van der Waals surface area contributed by atoms with Crippen LogP contribution in [-0.2, 0) is 24.5 Å². The topological polar surface area (TPSA) is 129 Å². The summed E-state index contributed by atoms with van der Waals surface area (Å²) in [6.45, 7) is 4.49. The second-order valence-electron chi connectivity index (χ2n) is 12.4. The molecule has 1 unspecified atom stereocenters. The summed E-state index contributed by atoms with van der Waals surface area (Å²) < 4.78 is 16.0. The Labute approximate surface area is 321 Å². The molecule has 1 heterocycles. The van der Waals surface area contributed by atoms with Crippen molar-refractivity contribution in [3.63, 3.8) is 0 Å². The average Bonchev–Trinajstić information content (AvgIpc) is 3.71. The third kappa shape index (κ3) is 10.4. The molecule has 0 saturated heterocycles. The number of ether oxygens (including phenoxy) is 3. The van der Waals surface area contributed by atoms with Crippen LogP contribution in [0.4, 0.5) is 0 Å². The molecule has 11 heteroatoms. The minimum absolute atomic E-state index is 0.389. The number of hydrogen-bond acceptors (Lipinski definition) is 9. The lowest BCUT2D eigenvalue weighted by Gasteiger charge is -2.34. The van der Waals surface area contributed by atoms with Crippen LogP contribution in [0.1, 0.15) is 48.1 Å². The highest BCUT2D eigenvalue weighted by atomic mass is 32.2. The molecule has 54 heavy (non-hydrogen) atoms. The van der Waals surface area contributed by atoms with Crippen molar-refractivity contribution in [2.24, 2.45) is 0 Å². The third-order valence-electron chi connectivity index (χ3n) is 8.83. The summed E-state index contributed by atoms with van der Waals surface area (Å²) in [5.74, 6) is -0.528. The van der Waals surface area contributed by atoms with Crippen molar-refractivity contribution in [1.29, 1.82) is 0 Å². The fourth-order valence-electron chi connectivity index (χ4n) is 6.12. The Morgan fingerprint density at radius 1 is 0.815 bits per heavy atom. The molecule has 3 atom stereocenters. The van der Waals surface area contributed by atoms with E-state index in [-0.39, 0.29) is 0 Å². The molecule has 0 saturated carbocycles. The lowest BCUT2D eigenvalue weighted by Crippen LogP contribution is -2.39. The van der Waals surface area contributed by atoms with Crippen LogP contribution in [0, 0.1) is 0 Å². The van der Waals surface area contributed by atoms with Gasteiger partial charge in [-0.1, -0.05) is 140 Å². The van der Waals surface area contributed by atoms with Gasteiger partial charge in [-0.25, -0.2) is 0 Å². The Balaban J connectivity index is 1.39. The second-order valence-corrected chi connectivity index (χ2v) is 13.8. The van der Waals surface area contributed by atoms with Crippen LogP contribution < -0.4 is 0 Å². The van der Waals surface area contributed by atoms with Gasteiger partial charge in [-0.05, 0) is 46.4 Å². The molecule has 2 N–H and O–H groups in total. The summed E-state index contributed by atoms with van der Waals surface area (Å²) in [5.41, 5.74) is 3.26. The smallest absolute Gasteiger partial charge is 0.316 e. The van der Waals surface area contributed by atoms with E-state index in [4.69, 9.17) is 19.3 Å². The van der Waals surface area contributed by atoms with Gasteiger partial charge in [-0.2, -0.15) is 0 Å². The summed E-state index contributed by atoms with van der Waals surface area (Å²) in [7, 11) is 1.64. The monoisotopic (exact) mass is 748 g/mol. The van der Waals surface area contributed by atoms with Crippen molar-refractivity contribution in [2.75, 3.05) is 40.1 Å². The van der Waals surface area contributed by atoms with Gasteiger partial charge in [0.15, 0.2) is 5.54 Å². The van der Waals surface area contributed by atoms with E-state index in [0.717, 1.165) is 16.7 Å². The van der Waals surface area contributed by atoms with Crippen LogP contribution in [0.3, 0.4) is 0 Å². The molecule has 4 aromatic carbocycles. The van der Waals surface area contributed by atoms with E-state index in [0.29, 0.717) is 62.8 Å². The number of tetrazole rings is 1. The number of aliphatic carboxylic acids is 1. The predicted molar refractivity (Wildman–Crippen MR) is 212 cm³/mol. The van der Waals surface area contributed by atoms with Crippen molar-refractivity contribution in [1.82, 2.24) is 20.2 Å². The maximum Gasteiger partial charge on any atom is 0.316 e. The van der Waals surface area contributed by atoms with Gasteiger partial charge in [0.25, 0.3) is 0 Å². The Kier molecular flexibility index (Phi) is 15.7. The van der Waals surface area contributed by atoms with Crippen LogP contribution in [-0.4, -0.2) is 87.0 Å². The molecule has 0 fully saturated rings. The lowest BCUT2D eigenvalue weighted by molar-refractivity contribution is -0.136. The summed E-state index contributed by atoms with van der Waals surface area (Å²) >= 11 is 1.22. The number of aromatic nitrogens is 4. The first-order valence-electron chi connectivity index (χ1n) is 18.1. The third-order valence-corrected chi connectivity index (χ3v) is 10.4. The number of rotatable bonds is 22. The molecule has 282 valence electrons. The van der Waals surface area contributed by atoms with Crippen LogP contribution in [0.2, 0.25) is 0 Å². The highest BCUT2D eigenvalue weighted by Gasteiger charge is 2.41. The molecular formula is C43H48N4O6S. The standard InChI is InChI=1S/C43H48N4O6S/c1-3-38(42(49)50)54-39(26-15-4-5-16-27-52-30-31-53-29-28-51-2)40(48)33-18-17-19-34(32-33)41-44-46-47(45-41)43(35-20-9-6-10-21-35,36-22-11-7-12-23-36)37-24-13-8-14-25-37/h4-15,17-26,32,38-40,48H,3,16,27-31H2,1-2H3,(H,49,50)/t38?,39-,40+/m1/s1. The highest BCUT2D eigenvalue weighted by molar-refractivity contribution is 8.01. The minimum Gasteiger partial charge on any atom is -0.480 e. The Bertz CT molecular complexity index is 1810. The Hall–Kier alpha value is -4.91. The molecule has 0 aliphatic rings. The first-order chi connectivity index (χ1) is 26.5. The highest BCUT2D eigenvalue weighted by Crippen LogP contribution is 2.40. The molecule has 0 amide bonds. The number of carboxylic acids is 1. The minimum atomic E-state index is -1.01. The van der Waals surface area contributed by atoms with E-state index in [1.807, 2.05) is 110 Å². The van der Waals surface area contributed by atoms with E-state index in [1.54, 1.807) is 11.9 Å². The number of hydrogen-bond donors (Lipinski definition) is 2. The van der Waals surface area contributed by atoms with Gasteiger partial charge in [0, 0.05) is 12.7 Å². The molecule has 0 radical (unpaired) electrons. The Morgan fingerprint density at radius 2 is 1.41 bits per heavy atom. The van der Waals surface area contributed by atoms with E-state index in [1.165, 1.54) is 11.8 Å². The molecule has 5 aromatic rings. The van der Waals surface area contributed by atoms with Crippen LogP contribution in [0.15, 0.2) is 140 Å². The number of thioether (sulfide) groups is 1. The molecule has 1 aromatic heterocycles. The first-order valence-corrected chi connectivity index (χ1v) is 19.0. The number of nitrogens with zero attached hydrogens (tertiary/aromatic N) is 4. The molecule has 0 spiro atoms. The predicted octanol–water partition coefficient (Wildman–Crippen LogP) is 7.36. The fourth-order valence-corrected chi connectivity index (χ4v) is 7.29. The summed E-state index contributed by atoms with van der Waals surface area (Å²) in [5, 5.41) is 34.6. The number of aliphatic hydroxyl groups is 1. The van der Waals surface area contributed by atoms with Gasteiger partial charge in [0.05, 0.1) is 44.4 Å². The molecule has 5 rings (SSSR count). The zero-order valence-electron chi connectivity index (χ0n) is 30.7. The van der Waals surface area contributed by atoms with Crippen LogP contribution in [0.25, 0.3) is 11.4 Å². The van der Waals surface area contributed by atoms with Crippen molar-refractivity contribution in [3.05, 3.63) is 162 Å². The molecular weight excluding hydrogens is 701 g/mol. The van der Waals surface area contributed by atoms with Crippen molar-refractivity contribution in [3.8, 4) is 11.4 Å². The van der Waals surface area contributed by atoms with E-state index < -0.39 is 28.1 Å². The Morgan fingerprint density at radius 3 is 1.98 bits per heavy atom. The van der Waals surface area contributed by atoms with Crippen LogP contribution >= 0.6 is 11.8 Å². The van der Waals surface area contributed by atoms with Gasteiger partial charge in [0.1, 0.15) is 5.25 Å². The quantitative estimate of drug-likeness (QED) is 0.0421. The van der Waals surface area contributed by atoms with Gasteiger partial charge < -0.3 is 24.4 Å².